The lowest BCUT2D eigenvalue weighted by Gasteiger charge is -2.33. The van der Waals surface area contributed by atoms with Crippen LogP contribution in [0.2, 0.25) is 0 Å². The van der Waals surface area contributed by atoms with Gasteiger partial charge in [-0.15, -0.1) is 0 Å². The first-order valence-electron chi connectivity index (χ1n) is 8.89. The number of ether oxygens (including phenoxy) is 3. The highest BCUT2D eigenvalue weighted by Crippen LogP contribution is 2.20. The van der Waals surface area contributed by atoms with Gasteiger partial charge in [-0.1, -0.05) is 30.3 Å². The number of nitrogens with two attached hydrogens (primary N) is 2. The van der Waals surface area contributed by atoms with Gasteiger partial charge in [-0.2, -0.15) is 0 Å². The lowest BCUT2D eigenvalue weighted by Crippen LogP contribution is -2.70. The average Bonchev–Trinajstić information content (AvgIpc) is 2.56. The fourth-order valence-electron chi connectivity index (χ4n) is 2.09. The predicted molar refractivity (Wildman–Crippen MR) is 103 cm³/mol. The zero-order valence-corrected chi connectivity index (χ0v) is 17.3. The van der Waals surface area contributed by atoms with Crippen LogP contribution in [0, 0.1) is 0 Å². The van der Waals surface area contributed by atoms with Crippen molar-refractivity contribution in [2.24, 2.45) is 11.5 Å². The molecule has 8 nitrogen and oxygen atoms in total. The van der Waals surface area contributed by atoms with E-state index in [9.17, 15) is 14.4 Å². The first kappa shape index (κ1) is 23.6. The summed E-state index contributed by atoms with van der Waals surface area (Å²) in [5, 5.41) is 0. The summed E-state index contributed by atoms with van der Waals surface area (Å²) < 4.78 is 15.6. The van der Waals surface area contributed by atoms with Crippen LogP contribution in [0.15, 0.2) is 30.3 Å². The zero-order valence-electron chi connectivity index (χ0n) is 17.3. The molecule has 0 aliphatic carbocycles. The van der Waals surface area contributed by atoms with E-state index in [1.54, 1.807) is 71.9 Å². The van der Waals surface area contributed by atoms with Gasteiger partial charge in [-0.05, 0) is 47.1 Å². The molecule has 0 fully saturated rings. The van der Waals surface area contributed by atoms with Crippen molar-refractivity contribution >= 4 is 17.9 Å². The van der Waals surface area contributed by atoms with E-state index in [1.807, 2.05) is 0 Å². The van der Waals surface area contributed by atoms with Crippen molar-refractivity contribution in [3.8, 4) is 0 Å². The lowest BCUT2D eigenvalue weighted by molar-refractivity contribution is -0.179. The van der Waals surface area contributed by atoms with Gasteiger partial charge in [0.2, 0.25) is 5.54 Å². The minimum atomic E-state index is -2.57. The highest BCUT2D eigenvalue weighted by molar-refractivity contribution is 6.10. The second kappa shape index (κ2) is 8.70. The SMILES string of the molecule is CC(C)(C)OC(=O)C(N)[C@](N)(C(=O)OCc1ccccc1)C(=O)OC(C)(C)C. The molecule has 1 rings (SSSR count). The summed E-state index contributed by atoms with van der Waals surface area (Å²) in [6, 6.07) is 6.97. The highest BCUT2D eigenvalue weighted by atomic mass is 16.6. The fourth-order valence-corrected chi connectivity index (χ4v) is 2.09. The van der Waals surface area contributed by atoms with Gasteiger partial charge in [0.1, 0.15) is 23.9 Å². The number of hydrogen-bond acceptors (Lipinski definition) is 8. The van der Waals surface area contributed by atoms with Crippen LogP contribution in [0.1, 0.15) is 47.1 Å². The molecular weight excluding hydrogens is 364 g/mol. The van der Waals surface area contributed by atoms with Gasteiger partial charge in [-0.25, -0.2) is 9.59 Å². The molecule has 156 valence electrons. The van der Waals surface area contributed by atoms with Crippen LogP contribution in [0.25, 0.3) is 0 Å². The van der Waals surface area contributed by atoms with Crippen molar-refractivity contribution in [3.63, 3.8) is 0 Å². The maximum Gasteiger partial charge on any atom is 0.340 e. The quantitative estimate of drug-likeness (QED) is 0.421. The van der Waals surface area contributed by atoms with E-state index in [0.29, 0.717) is 5.56 Å². The third kappa shape index (κ3) is 6.61. The molecule has 2 atom stereocenters. The molecule has 4 N–H and O–H groups in total. The van der Waals surface area contributed by atoms with E-state index in [0.717, 1.165) is 0 Å². The molecule has 0 saturated carbocycles. The second-order valence-electron chi connectivity index (χ2n) is 8.44. The Morgan fingerprint density at radius 1 is 0.893 bits per heavy atom. The van der Waals surface area contributed by atoms with Crippen molar-refractivity contribution in [1.29, 1.82) is 0 Å². The Labute approximate surface area is 165 Å². The third-order valence-electron chi connectivity index (χ3n) is 3.44. The molecule has 0 saturated heterocycles. The van der Waals surface area contributed by atoms with Crippen LogP contribution >= 0.6 is 0 Å². The van der Waals surface area contributed by atoms with Crippen molar-refractivity contribution in [2.45, 2.75) is 70.9 Å². The summed E-state index contributed by atoms with van der Waals surface area (Å²) >= 11 is 0. The molecule has 1 unspecified atom stereocenters. The van der Waals surface area contributed by atoms with Crippen LogP contribution in [0.5, 0.6) is 0 Å². The van der Waals surface area contributed by atoms with Gasteiger partial charge in [0.25, 0.3) is 0 Å². The van der Waals surface area contributed by atoms with E-state index >= 15 is 0 Å². The normalized spacial score (nSPS) is 15.1. The first-order chi connectivity index (χ1) is 12.7. The minimum Gasteiger partial charge on any atom is -0.459 e. The zero-order chi connectivity index (χ0) is 21.8. The summed E-state index contributed by atoms with van der Waals surface area (Å²) in [4.78, 5) is 37.9. The standard InChI is InChI=1S/C20H30N2O6/c1-18(2,3)27-15(23)14(21)20(22,17(25)28-19(4,5)6)16(24)26-12-13-10-8-7-9-11-13/h7-11,14H,12,21-22H2,1-6H3/t14?,20-/m0/s1. The number of benzene rings is 1. The van der Waals surface area contributed by atoms with Crippen molar-refractivity contribution in [1.82, 2.24) is 0 Å². The molecule has 0 aliphatic heterocycles. The van der Waals surface area contributed by atoms with Crippen LogP contribution < -0.4 is 11.5 Å². The van der Waals surface area contributed by atoms with Crippen molar-refractivity contribution < 1.29 is 28.6 Å². The number of carbonyl (C=O) groups excluding carboxylic acids is 3. The van der Waals surface area contributed by atoms with Gasteiger partial charge in [0.05, 0.1) is 0 Å². The Bertz CT molecular complexity index is 706. The van der Waals surface area contributed by atoms with E-state index < -0.39 is 40.7 Å². The molecule has 0 radical (unpaired) electrons. The van der Waals surface area contributed by atoms with Gasteiger partial charge in [0, 0.05) is 0 Å². The van der Waals surface area contributed by atoms with Crippen LogP contribution in [0.4, 0.5) is 0 Å². The number of esters is 3. The highest BCUT2D eigenvalue weighted by Gasteiger charge is 2.55. The van der Waals surface area contributed by atoms with Crippen molar-refractivity contribution in [3.05, 3.63) is 35.9 Å². The van der Waals surface area contributed by atoms with Gasteiger partial charge >= 0.3 is 17.9 Å². The summed E-state index contributed by atoms with van der Waals surface area (Å²) in [5.41, 5.74) is 8.19. The topological polar surface area (TPSA) is 131 Å². The molecule has 1 aromatic carbocycles. The number of rotatable bonds is 6. The summed E-state index contributed by atoms with van der Waals surface area (Å²) in [6.45, 7) is 9.51. The largest absolute Gasteiger partial charge is 0.459 e. The number of carbonyl (C=O) groups is 3. The van der Waals surface area contributed by atoms with Gasteiger partial charge in [0.15, 0.2) is 0 Å². The van der Waals surface area contributed by atoms with E-state index in [1.165, 1.54) is 0 Å². The van der Waals surface area contributed by atoms with Gasteiger partial charge < -0.3 is 25.7 Å². The lowest BCUT2D eigenvalue weighted by atomic mass is 9.91. The molecule has 0 bridgehead atoms. The Kier molecular flexibility index (Phi) is 7.33. The maximum absolute atomic E-state index is 12.7. The van der Waals surface area contributed by atoms with E-state index in [-0.39, 0.29) is 6.61 Å². The first-order valence-corrected chi connectivity index (χ1v) is 8.89. The van der Waals surface area contributed by atoms with E-state index in [4.69, 9.17) is 25.7 Å². The number of hydrogen-bond donors (Lipinski definition) is 2. The smallest absolute Gasteiger partial charge is 0.340 e. The summed E-state index contributed by atoms with van der Waals surface area (Å²) in [6.07, 6.45) is 0. The predicted octanol–water partition coefficient (Wildman–Crippen LogP) is 1.44. The molecule has 0 amide bonds. The van der Waals surface area contributed by atoms with Crippen LogP contribution in [-0.4, -0.2) is 40.7 Å². The second-order valence-corrected chi connectivity index (χ2v) is 8.44. The summed E-state index contributed by atoms with van der Waals surface area (Å²) in [5.74, 6) is -3.36. The minimum absolute atomic E-state index is 0.150. The summed E-state index contributed by atoms with van der Waals surface area (Å²) in [7, 11) is 0. The van der Waals surface area contributed by atoms with Crippen LogP contribution in [-0.2, 0) is 35.2 Å². The molecular formula is C20H30N2O6. The molecule has 1 aromatic rings. The monoisotopic (exact) mass is 394 g/mol. The van der Waals surface area contributed by atoms with Gasteiger partial charge in [-0.3, -0.25) is 4.79 Å². The molecule has 0 heterocycles. The Morgan fingerprint density at radius 2 is 1.39 bits per heavy atom. The molecule has 28 heavy (non-hydrogen) atoms. The molecule has 0 aliphatic rings. The molecule has 8 heteroatoms. The van der Waals surface area contributed by atoms with Crippen LogP contribution in [0.3, 0.4) is 0 Å². The Hall–Kier alpha value is -2.45. The third-order valence-corrected chi connectivity index (χ3v) is 3.44. The Morgan fingerprint density at radius 3 is 1.86 bits per heavy atom. The van der Waals surface area contributed by atoms with Crippen molar-refractivity contribution in [2.75, 3.05) is 0 Å². The fraction of sp³-hybridized carbons (Fsp3) is 0.550. The molecule has 0 spiro atoms. The van der Waals surface area contributed by atoms with E-state index in [2.05, 4.69) is 0 Å². The molecule has 0 aromatic heterocycles. The average molecular weight is 394 g/mol. The maximum atomic E-state index is 12.7. The Balaban J connectivity index is 3.13.